The lowest BCUT2D eigenvalue weighted by molar-refractivity contribution is 0.0494. The van der Waals surface area contributed by atoms with Crippen LogP contribution in [0.15, 0.2) is 58.9 Å². The molecule has 0 spiro atoms. The van der Waals surface area contributed by atoms with Gasteiger partial charge in [0, 0.05) is 50.8 Å². The molecule has 12 heteroatoms. The topological polar surface area (TPSA) is 134 Å². The highest BCUT2D eigenvalue weighted by atomic mass is 32.1. The average molecular weight is 581 g/mol. The molecule has 3 heterocycles. The molecule has 0 aliphatic heterocycles. The van der Waals surface area contributed by atoms with E-state index < -0.39 is 18.2 Å². The number of amides is 2. The fraction of sp³-hybridized carbons (Fsp3) is 0.414. The fourth-order valence-electron chi connectivity index (χ4n) is 4.26. The van der Waals surface area contributed by atoms with Crippen LogP contribution in [0.1, 0.15) is 41.6 Å². The summed E-state index contributed by atoms with van der Waals surface area (Å²) in [5.74, 6) is -0.117. The number of aliphatic hydroxyl groups is 1. The molecule has 218 valence electrons. The second-order valence-electron chi connectivity index (χ2n) is 10.2. The molecule has 4 aromatic rings. The van der Waals surface area contributed by atoms with E-state index in [-0.39, 0.29) is 25.0 Å². The Bertz CT molecular complexity index is 1410. The van der Waals surface area contributed by atoms with Gasteiger partial charge >= 0.3 is 6.09 Å². The number of carbonyl (C=O) groups excluding carboxylic acids is 2. The summed E-state index contributed by atoms with van der Waals surface area (Å²) >= 11 is 1.38. The second kappa shape index (κ2) is 14.0. The Kier molecular flexibility index (Phi) is 10.3. The van der Waals surface area contributed by atoms with Gasteiger partial charge in [-0.05, 0) is 49.1 Å². The van der Waals surface area contributed by atoms with Crippen LogP contribution in [0, 0.1) is 5.92 Å². The molecule has 0 bridgehead atoms. The number of fused-ring (bicyclic) bond motifs is 1. The van der Waals surface area contributed by atoms with E-state index >= 15 is 0 Å². The van der Waals surface area contributed by atoms with E-state index in [1.807, 2.05) is 38.8 Å². The van der Waals surface area contributed by atoms with E-state index in [1.54, 1.807) is 53.3 Å². The van der Waals surface area contributed by atoms with E-state index in [4.69, 9.17) is 9.15 Å². The first-order valence-corrected chi connectivity index (χ1v) is 14.4. The summed E-state index contributed by atoms with van der Waals surface area (Å²) in [6, 6.07) is 8.55. The molecule has 41 heavy (non-hydrogen) atoms. The largest absolute Gasteiger partial charge is 0.444 e. The van der Waals surface area contributed by atoms with Crippen molar-refractivity contribution in [1.29, 1.82) is 0 Å². The summed E-state index contributed by atoms with van der Waals surface area (Å²) < 4.78 is 11.2. The van der Waals surface area contributed by atoms with Crippen LogP contribution in [0.5, 0.6) is 0 Å². The number of hydrogen-bond donors (Lipinski definition) is 2. The van der Waals surface area contributed by atoms with Crippen molar-refractivity contribution in [3.05, 3.63) is 70.4 Å². The third-order valence-electron chi connectivity index (χ3n) is 6.48. The fourth-order valence-corrected chi connectivity index (χ4v) is 4.77. The average Bonchev–Trinajstić information content (AvgIpc) is 3.64. The predicted octanol–water partition coefficient (Wildman–Crippen LogP) is 4.13. The van der Waals surface area contributed by atoms with E-state index in [1.165, 1.54) is 11.3 Å². The van der Waals surface area contributed by atoms with Crippen LogP contribution in [0.3, 0.4) is 0 Å². The number of alkyl carbamates (subject to hydrolysis) is 1. The molecule has 11 nitrogen and oxygen atoms in total. The van der Waals surface area contributed by atoms with E-state index in [0.717, 1.165) is 17.0 Å². The van der Waals surface area contributed by atoms with Gasteiger partial charge in [-0.3, -0.25) is 14.8 Å². The predicted molar refractivity (Wildman–Crippen MR) is 157 cm³/mol. The summed E-state index contributed by atoms with van der Waals surface area (Å²) in [5, 5.41) is 14.2. The van der Waals surface area contributed by atoms with Gasteiger partial charge in [0.05, 0.1) is 22.5 Å². The van der Waals surface area contributed by atoms with Crippen molar-refractivity contribution in [2.45, 2.75) is 45.9 Å². The molecule has 2 amide bonds. The molecule has 0 saturated heterocycles. The van der Waals surface area contributed by atoms with Gasteiger partial charge < -0.3 is 29.4 Å². The number of thiazole rings is 1. The summed E-state index contributed by atoms with van der Waals surface area (Å²) in [7, 11) is 1.88. The van der Waals surface area contributed by atoms with Crippen LogP contribution < -0.4 is 10.2 Å². The number of aromatic nitrogens is 3. The Hall–Kier alpha value is -4.03. The lowest BCUT2D eigenvalue weighted by atomic mass is 10.0. The first-order chi connectivity index (χ1) is 19.7. The van der Waals surface area contributed by atoms with Gasteiger partial charge in [0.25, 0.3) is 11.9 Å². The van der Waals surface area contributed by atoms with Crippen LogP contribution in [-0.4, -0.2) is 75.8 Å². The maximum atomic E-state index is 13.7. The molecule has 4 rings (SSSR count). The highest BCUT2D eigenvalue weighted by Crippen LogP contribution is 2.23. The van der Waals surface area contributed by atoms with Crippen molar-refractivity contribution in [3.8, 4) is 0 Å². The van der Waals surface area contributed by atoms with E-state index in [2.05, 4.69) is 20.3 Å². The van der Waals surface area contributed by atoms with Crippen molar-refractivity contribution in [1.82, 2.24) is 25.2 Å². The van der Waals surface area contributed by atoms with Crippen LogP contribution in [0.2, 0.25) is 0 Å². The molecule has 1 unspecified atom stereocenters. The van der Waals surface area contributed by atoms with Gasteiger partial charge in [-0.1, -0.05) is 19.9 Å². The second-order valence-corrected chi connectivity index (χ2v) is 11.2. The van der Waals surface area contributed by atoms with Crippen molar-refractivity contribution in [3.63, 3.8) is 0 Å². The zero-order valence-electron chi connectivity index (χ0n) is 23.7. The quantitative estimate of drug-likeness (QED) is 0.239. The Balaban J connectivity index is 1.51. The molecule has 0 saturated carbocycles. The number of hydrogen-bond acceptors (Lipinski definition) is 10. The minimum Gasteiger partial charge on any atom is -0.444 e. The third kappa shape index (κ3) is 8.24. The number of aliphatic hydroxyl groups excluding tert-OH is 1. The molecule has 0 aliphatic rings. The van der Waals surface area contributed by atoms with Gasteiger partial charge in [0.2, 0.25) is 0 Å². The van der Waals surface area contributed by atoms with Gasteiger partial charge in [-0.2, -0.15) is 4.98 Å². The van der Waals surface area contributed by atoms with Crippen LogP contribution in [-0.2, 0) is 17.8 Å². The van der Waals surface area contributed by atoms with Gasteiger partial charge in [-0.15, -0.1) is 11.3 Å². The zero-order valence-corrected chi connectivity index (χ0v) is 24.5. The number of carbonyl (C=O) groups is 2. The lowest BCUT2D eigenvalue weighted by Crippen LogP contribution is -2.51. The first-order valence-electron chi connectivity index (χ1n) is 13.5. The summed E-state index contributed by atoms with van der Waals surface area (Å²) in [5.41, 5.74) is 4.08. The van der Waals surface area contributed by atoms with Crippen LogP contribution >= 0.6 is 11.3 Å². The number of pyridine rings is 1. The Labute approximate surface area is 243 Å². The highest BCUT2D eigenvalue weighted by molar-refractivity contribution is 7.09. The molecule has 2 atom stereocenters. The minimum absolute atomic E-state index is 0.00463. The molecule has 2 N–H and O–H groups in total. The molecule has 0 radical (unpaired) electrons. The summed E-state index contributed by atoms with van der Waals surface area (Å²) in [6.45, 7) is 7.20. The van der Waals surface area contributed by atoms with Crippen molar-refractivity contribution >= 4 is 40.5 Å². The monoisotopic (exact) mass is 580 g/mol. The number of nitrogens with zero attached hydrogens (tertiary/aromatic N) is 5. The molecular formula is C29H36N6O5S. The summed E-state index contributed by atoms with van der Waals surface area (Å²) in [4.78, 5) is 43.3. The van der Waals surface area contributed by atoms with Gasteiger partial charge in [0.15, 0.2) is 5.58 Å². The lowest BCUT2D eigenvalue weighted by Gasteiger charge is -2.31. The number of benzene rings is 1. The number of anilines is 1. The maximum absolute atomic E-state index is 13.7. The number of oxazole rings is 1. The zero-order chi connectivity index (χ0) is 29.4. The molecule has 0 fully saturated rings. The molecule has 0 aliphatic carbocycles. The normalized spacial score (nSPS) is 12.7. The molecular weight excluding hydrogens is 544 g/mol. The van der Waals surface area contributed by atoms with Crippen molar-refractivity contribution in [2.75, 3.05) is 31.6 Å². The first kappa shape index (κ1) is 29.9. The highest BCUT2D eigenvalue weighted by Gasteiger charge is 2.28. The van der Waals surface area contributed by atoms with Gasteiger partial charge in [0.1, 0.15) is 12.1 Å². The van der Waals surface area contributed by atoms with E-state index in [9.17, 15) is 14.7 Å². The van der Waals surface area contributed by atoms with E-state index in [0.29, 0.717) is 35.6 Å². The number of rotatable bonds is 13. The Morgan fingerprint density at radius 3 is 2.68 bits per heavy atom. The van der Waals surface area contributed by atoms with Crippen LogP contribution in [0.4, 0.5) is 10.8 Å². The van der Waals surface area contributed by atoms with Crippen LogP contribution in [0.25, 0.3) is 11.1 Å². The van der Waals surface area contributed by atoms with Crippen molar-refractivity contribution < 1.29 is 23.8 Å². The molecule has 1 aromatic carbocycles. The Morgan fingerprint density at radius 2 is 2.00 bits per heavy atom. The SMILES string of the molecule is CCN(C)c1nc2ccc(C(=O)N(CC(C)C)C[C@@H](O)C(Cc3cccnc3)NC(=O)OCc3cncs3)cc2o1. The molecule has 3 aromatic heterocycles. The minimum atomic E-state index is -1.09. The Morgan fingerprint density at radius 1 is 1.17 bits per heavy atom. The number of ether oxygens (including phenoxy) is 1. The smallest absolute Gasteiger partial charge is 0.407 e. The van der Waals surface area contributed by atoms with Gasteiger partial charge in [-0.25, -0.2) is 4.79 Å². The third-order valence-corrected chi connectivity index (χ3v) is 7.23. The standard InChI is InChI=1S/C29H36N6O5S/c1-5-34(4)28-32-23-9-8-21(12-26(23)40-28)27(37)35(15-19(2)3)16-25(36)24(11-20-7-6-10-30-13-20)33-29(38)39-17-22-14-31-18-41-22/h6-10,12-14,18-19,24-25,36H,5,11,15-17H2,1-4H3,(H,33,38)/t24?,25-/m1/s1. The number of nitrogens with one attached hydrogen (secondary N) is 1. The maximum Gasteiger partial charge on any atom is 0.407 e. The summed E-state index contributed by atoms with van der Waals surface area (Å²) in [6.07, 6.45) is 3.51. The van der Waals surface area contributed by atoms with Crippen molar-refractivity contribution in [2.24, 2.45) is 5.92 Å².